The number of rotatable bonds is 4. The number of piperidine rings is 1. The first kappa shape index (κ1) is 19.3. The monoisotopic (exact) mass is 377 g/mol. The van der Waals surface area contributed by atoms with Gasteiger partial charge in [-0.2, -0.15) is 0 Å². The Morgan fingerprint density at radius 1 is 1.33 bits per heavy atom. The van der Waals surface area contributed by atoms with Crippen molar-refractivity contribution in [2.24, 2.45) is 0 Å². The van der Waals surface area contributed by atoms with Crippen molar-refractivity contribution in [1.29, 1.82) is 0 Å². The van der Waals surface area contributed by atoms with Gasteiger partial charge in [0.15, 0.2) is 6.10 Å². The molecule has 0 aliphatic carbocycles. The summed E-state index contributed by atoms with van der Waals surface area (Å²) in [6.45, 7) is 6.62. The Kier molecular flexibility index (Phi) is 5.50. The van der Waals surface area contributed by atoms with Crippen molar-refractivity contribution in [1.82, 2.24) is 25.1 Å². The van der Waals surface area contributed by atoms with Crippen LogP contribution in [0.15, 0.2) is 12.4 Å². The fraction of sp³-hybridized carbons (Fsp3) is 0.667. The summed E-state index contributed by atoms with van der Waals surface area (Å²) < 4.78 is 8.26. The van der Waals surface area contributed by atoms with Gasteiger partial charge in [0.25, 0.3) is 5.91 Å². The highest BCUT2D eigenvalue weighted by molar-refractivity contribution is 5.83. The zero-order valence-electron chi connectivity index (χ0n) is 16.0. The van der Waals surface area contributed by atoms with Crippen LogP contribution in [0.1, 0.15) is 39.4 Å². The molecular formula is C18H27N5O4. The van der Waals surface area contributed by atoms with Crippen molar-refractivity contribution in [3.63, 3.8) is 0 Å². The normalized spacial score (nSPS) is 21.0. The number of imidazole rings is 1. The molecule has 3 heterocycles. The first-order valence-corrected chi connectivity index (χ1v) is 9.33. The van der Waals surface area contributed by atoms with Crippen molar-refractivity contribution >= 4 is 17.7 Å². The van der Waals surface area contributed by atoms with Crippen LogP contribution in [-0.2, 0) is 31.3 Å². The maximum absolute atomic E-state index is 12.5. The van der Waals surface area contributed by atoms with E-state index in [9.17, 15) is 14.4 Å². The molecule has 1 aromatic rings. The van der Waals surface area contributed by atoms with E-state index in [4.69, 9.17) is 4.74 Å². The first-order chi connectivity index (χ1) is 12.8. The Bertz CT molecular complexity index is 721. The number of carbonyl (C=O) groups excluding carboxylic acids is 3. The molecule has 1 atom stereocenters. The molecule has 2 N–H and O–H groups in total. The van der Waals surface area contributed by atoms with Gasteiger partial charge in [0.2, 0.25) is 11.8 Å². The molecule has 3 amide bonds. The molecule has 2 aliphatic rings. The highest BCUT2D eigenvalue weighted by Crippen LogP contribution is 2.40. The maximum Gasteiger partial charge on any atom is 0.251 e. The largest absolute Gasteiger partial charge is 0.352 e. The van der Waals surface area contributed by atoms with Crippen LogP contribution in [0, 0.1) is 0 Å². The van der Waals surface area contributed by atoms with Gasteiger partial charge < -0.3 is 24.8 Å². The lowest BCUT2D eigenvalue weighted by atomic mass is 9.88. The zero-order valence-corrected chi connectivity index (χ0v) is 16.0. The van der Waals surface area contributed by atoms with Crippen molar-refractivity contribution in [3.8, 4) is 0 Å². The number of amides is 3. The predicted molar refractivity (Wildman–Crippen MR) is 96.6 cm³/mol. The second-order valence-corrected chi connectivity index (χ2v) is 7.46. The summed E-state index contributed by atoms with van der Waals surface area (Å²) in [5.74, 6) is 0.333. The predicted octanol–water partition coefficient (Wildman–Crippen LogP) is -0.240. The van der Waals surface area contributed by atoms with Crippen molar-refractivity contribution in [2.75, 3.05) is 19.6 Å². The number of aromatic nitrogens is 2. The van der Waals surface area contributed by atoms with Gasteiger partial charge in [-0.15, -0.1) is 0 Å². The van der Waals surface area contributed by atoms with Crippen LogP contribution >= 0.6 is 0 Å². The lowest BCUT2D eigenvalue weighted by molar-refractivity contribution is -0.176. The molecule has 1 spiro atoms. The van der Waals surface area contributed by atoms with Gasteiger partial charge in [0, 0.05) is 51.3 Å². The van der Waals surface area contributed by atoms with Gasteiger partial charge in [0.05, 0.1) is 13.1 Å². The van der Waals surface area contributed by atoms with Crippen LogP contribution in [0.3, 0.4) is 0 Å². The Labute approximate surface area is 158 Å². The molecule has 0 bridgehead atoms. The van der Waals surface area contributed by atoms with Crippen LogP contribution in [0.4, 0.5) is 0 Å². The molecule has 1 fully saturated rings. The molecule has 0 aromatic carbocycles. The van der Waals surface area contributed by atoms with Crippen LogP contribution < -0.4 is 10.6 Å². The van der Waals surface area contributed by atoms with Gasteiger partial charge in [-0.25, -0.2) is 4.98 Å². The number of nitrogens with zero attached hydrogens (tertiary/aromatic N) is 3. The Morgan fingerprint density at radius 3 is 2.67 bits per heavy atom. The van der Waals surface area contributed by atoms with E-state index >= 15 is 0 Å². The van der Waals surface area contributed by atoms with Crippen molar-refractivity contribution in [2.45, 2.75) is 57.9 Å². The van der Waals surface area contributed by atoms with Crippen LogP contribution in [0.5, 0.6) is 0 Å². The lowest BCUT2D eigenvalue weighted by Gasteiger charge is -2.45. The van der Waals surface area contributed by atoms with E-state index in [0.717, 1.165) is 5.82 Å². The van der Waals surface area contributed by atoms with E-state index in [2.05, 4.69) is 15.6 Å². The van der Waals surface area contributed by atoms with E-state index in [0.29, 0.717) is 32.5 Å². The molecule has 1 aromatic heterocycles. The molecule has 0 saturated carbocycles. The van der Waals surface area contributed by atoms with Crippen LogP contribution in [-0.4, -0.2) is 64.0 Å². The summed E-state index contributed by atoms with van der Waals surface area (Å²) in [4.78, 5) is 41.9. The number of fused-ring (bicyclic) bond motifs is 2. The smallest absolute Gasteiger partial charge is 0.251 e. The quantitative estimate of drug-likeness (QED) is 0.753. The molecular weight excluding hydrogens is 350 g/mol. The summed E-state index contributed by atoms with van der Waals surface area (Å²) in [6.07, 6.45) is 4.11. The van der Waals surface area contributed by atoms with E-state index in [1.54, 1.807) is 11.1 Å². The molecule has 0 radical (unpaired) electrons. The molecule has 0 unspecified atom stereocenters. The topological polar surface area (TPSA) is 106 Å². The van der Waals surface area contributed by atoms with Gasteiger partial charge in [-0.1, -0.05) is 0 Å². The number of nitrogens with one attached hydrogen (secondary N) is 2. The maximum atomic E-state index is 12.5. The minimum absolute atomic E-state index is 0.00274. The molecule has 3 rings (SSSR count). The average molecular weight is 377 g/mol. The van der Waals surface area contributed by atoms with Gasteiger partial charge in [0.1, 0.15) is 11.4 Å². The molecule has 148 valence electrons. The molecule has 9 heteroatoms. The average Bonchev–Trinajstić information content (AvgIpc) is 3.09. The van der Waals surface area contributed by atoms with Crippen LogP contribution in [0.2, 0.25) is 0 Å². The highest BCUT2D eigenvalue weighted by Gasteiger charge is 2.47. The third kappa shape index (κ3) is 4.13. The van der Waals surface area contributed by atoms with E-state index in [-0.39, 0.29) is 30.3 Å². The van der Waals surface area contributed by atoms with Gasteiger partial charge >= 0.3 is 0 Å². The number of ether oxygens (including phenoxy) is 1. The number of carbonyl (C=O) groups is 3. The van der Waals surface area contributed by atoms with E-state index in [1.807, 2.05) is 24.6 Å². The fourth-order valence-corrected chi connectivity index (χ4v) is 3.68. The highest BCUT2D eigenvalue weighted by atomic mass is 16.5. The van der Waals surface area contributed by atoms with E-state index < -0.39 is 11.7 Å². The van der Waals surface area contributed by atoms with Gasteiger partial charge in [-0.3, -0.25) is 14.4 Å². The first-order valence-electron chi connectivity index (χ1n) is 9.33. The minimum Gasteiger partial charge on any atom is -0.352 e. The second-order valence-electron chi connectivity index (χ2n) is 7.46. The van der Waals surface area contributed by atoms with E-state index in [1.165, 1.54) is 6.92 Å². The van der Waals surface area contributed by atoms with Gasteiger partial charge in [-0.05, 0) is 13.8 Å². The third-order valence-corrected chi connectivity index (χ3v) is 4.99. The summed E-state index contributed by atoms with van der Waals surface area (Å²) >= 11 is 0. The van der Waals surface area contributed by atoms with Crippen molar-refractivity contribution < 1.29 is 19.1 Å². The number of likely N-dealkylation sites (tertiary alicyclic amines) is 1. The molecule has 1 saturated heterocycles. The Morgan fingerprint density at radius 2 is 2.04 bits per heavy atom. The summed E-state index contributed by atoms with van der Waals surface area (Å²) in [6, 6.07) is 0.0366. The summed E-state index contributed by atoms with van der Waals surface area (Å²) in [5, 5.41) is 5.44. The van der Waals surface area contributed by atoms with Crippen molar-refractivity contribution in [3.05, 3.63) is 18.2 Å². The minimum atomic E-state index is -0.675. The summed E-state index contributed by atoms with van der Waals surface area (Å²) in [7, 11) is 0. The Hall–Kier alpha value is -2.42. The SMILES string of the molecule is CC(=O)NCC(=O)N1CCC2(CC1)O[C@@H](C(=O)NC(C)C)Cn1ccnc12. The summed E-state index contributed by atoms with van der Waals surface area (Å²) in [5.41, 5.74) is -0.675. The number of hydrogen-bond acceptors (Lipinski definition) is 5. The zero-order chi connectivity index (χ0) is 19.6. The molecule has 27 heavy (non-hydrogen) atoms. The lowest BCUT2D eigenvalue weighted by Crippen LogP contribution is -2.55. The Balaban J connectivity index is 1.71. The standard InChI is InChI=1S/C18H27N5O4/c1-12(2)21-16(26)14-11-23-9-6-19-17(23)18(27-14)4-7-22(8-5-18)15(25)10-20-13(3)24/h6,9,12,14H,4-5,7-8,10-11H2,1-3H3,(H,20,24)(H,21,26)/t14-/m1/s1. The number of hydrogen-bond donors (Lipinski definition) is 2. The molecule has 9 nitrogen and oxygen atoms in total. The van der Waals surface area contributed by atoms with Crippen LogP contribution in [0.25, 0.3) is 0 Å². The second kappa shape index (κ2) is 7.67. The third-order valence-electron chi connectivity index (χ3n) is 4.99. The fourth-order valence-electron chi connectivity index (χ4n) is 3.68. The molecule has 2 aliphatic heterocycles.